The molecule has 1 unspecified atom stereocenters. The molecule has 2 amide bonds. The average Bonchev–Trinajstić information content (AvgIpc) is 2.44. The van der Waals surface area contributed by atoms with Gasteiger partial charge in [0, 0.05) is 23.7 Å². The molecule has 0 radical (unpaired) electrons. The van der Waals surface area contributed by atoms with Crippen LogP contribution in [0.5, 0.6) is 0 Å². The highest BCUT2D eigenvalue weighted by Crippen LogP contribution is 2.22. The summed E-state index contributed by atoms with van der Waals surface area (Å²) < 4.78 is 0. The molecule has 4 N–H and O–H groups in total. The Morgan fingerprint density at radius 1 is 1.33 bits per heavy atom. The summed E-state index contributed by atoms with van der Waals surface area (Å²) in [5.41, 5.74) is 6.28. The Morgan fingerprint density at radius 3 is 2.46 bits per heavy atom. The maximum atomic E-state index is 12.3. The summed E-state index contributed by atoms with van der Waals surface area (Å²) in [6.07, 6.45) is 1.78. The number of hydrogen-bond acceptors (Lipinski definition) is 3. The Kier molecular flexibility index (Phi) is 9.33. The van der Waals surface area contributed by atoms with Crippen LogP contribution in [0.2, 0.25) is 5.02 Å². The predicted octanol–water partition coefficient (Wildman–Crippen LogP) is 3.75. The molecular weight excluding hydrogens is 349 g/mol. The fourth-order valence-electron chi connectivity index (χ4n) is 1.82. The van der Waals surface area contributed by atoms with Crippen LogP contribution in [-0.2, 0) is 4.79 Å². The lowest BCUT2D eigenvalue weighted by molar-refractivity contribution is -0.116. The van der Waals surface area contributed by atoms with E-state index in [1.807, 2.05) is 27.7 Å². The SMILES string of the molecule is CCC(C)(C)NC(=O)c1ccc(NC(=O)CCC(C)N)cc1Cl.Cl. The first-order valence-electron chi connectivity index (χ1n) is 7.82. The second kappa shape index (κ2) is 9.87. The van der Waals surface area contributed by atoms with Gasteiger partial charge in [0.2, 0.25) is 5.91 Å². The second-order valence-electron chi connectivity index (χ2n) is 6.45. The van der Waals surface area contributed by atoms with E-state index in [-0.39, 0.29) is 35.8 Å². The van der Waals surface area contributed by atoms with Crippen molar-refractivity contribution in [2.45, 2.75) is 58.5 Å². The molecule has 1 aromatic rings. The molecule has 0 spiro atoms. The minimum absolute atomic E-state index is 0. The summed E-state index contributed by atoms with van der Waals surface area (Å²) in [7, 11) is 0. The number of nitrogens with two attached hydrogens (primary N) is 1. The third kappa shape index (κ3) is 7.51. The molecule has 1 aromatic carbocycles. The quantitative estimate of drug-likeness (QED) is 0.678. The number of halogens is 2. The van der Waals surface area contributed by atoms with E-state index in [1.54, 1.807) is 18.2 Å². The summed E-state index contributed by atoms with van der Waals surface area (Å²) in [4.78, 5) is 24.0. The number of hydrogen-bond donors (Lipinski definition) is 3. The number of nitrogens with one attached hydrogen (secondary N) is 2. The molecule has 0 fully saturated rings. The van der Waals surface area contributed by atoms with Gasteiger partial charge in [-0.1, -0.05) is 18.5 Å². The van der Waals surface area contributed by atoms with Crippen LogP contribution in [0.1, 0.15) is 57.3 Å². The van der Waals surface area contributed by atoms with Gasteiger partial charge in [0.25, 0.3) is 5.91 Å². The van der Waals surface area contributed by atoms with Crippen molar-refractivity contribution in [3.05, 3.63) is 28.8 Å². The number of carbonyl (C=O) groups excluding carboxylic acids is 2. The topological polar surface area (TPSA) is 84.2 Å². The van der Waals surface area contributed by atoms with Crippen molar-refractivity contribution in [3.8, 4) is 0 Å². The van der Waals surface area contributed by atoms with Crippen molar-refractivity contribution in [2.24, 2.45) is 5.73 Å². The zero-order valence-electron chi connectivity index (χ0n) is 14.6. The van der Waals surface area contributed by atoms with Crippen molar-refractivity contribution in [3.63, 3.8) is 0 Å². The van der Waals surface area contributed by atoms with Crippen molar-refractivity contribution in [1.82, 2.24) is 5.32 Å². The van der Waals surface area contributed by atoms with E-state index in [9.17, 15) is 9.59 Å². The van der Waals surface area contributed by atoms with Gasteiger partial charge in [0.1, 0.15) is 0 Å². The van der Waals surface area contributed by atoms with E-state index in [0.717, 1.165) is 6.42 Å². The molecule has 0 saturated heterocycles. The first-order chi connectivity index (χ1) is 10.6. The van der Waals surface area contributed by atoms with Gasteiger partial charge in [0.15, 0.2) is 0 Å². The minimum atomic E-state index is -0.299. The van der Waals surface area contributed by atoms with Crippen LogP contribution in [0.3, 0.4) is 0 Å². The summed E-state index contributed by atoms with van der Waals surface area (Å²) in [6.45, 7) is 7.76. The van der Waals surface area contributed by atoms with Crippen LogP contribution in [0.15, 0.2) is 18.2 Å². The van der Waals surface area contributed by atoms with E-state index >= 15 is 0 Å². The highest BCUT2D eigenvalue weighted by Gasteiger charge is 2.20. The molecule has 0 aromatic heterocycles. The van der Waals surface area contributed by atoms with Gasteiger partial charge in [-0.25, -0.2) is 0 Å². The summed E-state index contributed by atoms with van der Waals surface area (Å²) in [6, 6.07) is 4.85. The molecular formula is C17H27Cl2N3O2. The summed E-state index contributed by atoms with van der Waals surface area (Å²) >= 11 is 6.18. The van der Waals surface area contributed by atoms with Gasteiger partial charge in [-0.2, -0.15) is 0 Å². The fourth-order valence-corrected chi connectivity index (χ4v) is 2.09. The number of rotatable bonds is 7. The number of benzene rings is 1. The van der Waals surface area contributed by atoms with E-state index in [2.05, 4.69) is 10.6 Å². The third-order valence-corrected chi connectivity index (χ3v) is 3.97. The normalized spacial score (nSPS) is 12.1. The molecule has 0 aliphatic rings. The molecule has 0 aliphatic carbocycles. The van der Waals surface area contributed by atoms with Gasteiger partial charge < -0.3 is 16.4 Å². The van der Waals surface area contributed by atoms with E-state index < -0.39 is 0 Å². The van der Waals surface area contributed by atoms with Crippen molar-refractivity contribution in [1.29, 1.82) is 0 Å². The first-order valence-corrected chi connectivity index (χ1v) is 8.20. The van der Waals surface area contributed by atoms with Crippen LogP contribution in [0.25, 0.3) is 0 Å². The molecule has 136 valence electrons. The van der Waals surface area contributed by atoms with Crippen molar-refractivity contribution in [2.75, 3.05) is 5.32 Å². The lowest BCUT2D eigenvalue weighted by atomic mass is 10.0. The number of carbonyl (C=O) groups is 2. The van der Waals surface area contributed by atoms with E-state index in [4.69, 9.17) is 17.3 Å². The second-order valence-corrected chi connectivity index (χ2v) is 6.86. The monoisotopic (exact) mass is 375 g/mol. The fraction of sp³-hybridized carbons (Fsp3) is 0.529. The van der Waals surface area contributed by atoms with Gasteiger partial charge in [-0.05, 0) is 51.8 Å². The molecule has 5 nitrogen and oxygen atoms in total. The maximum Gasteiger partial charge on any atom is 0.253 e. The van der Waals surface area contributed by atoms with Gasteiger partial charge in [-0.15, -0.1) is 12.4 Å². The molecule has 0 aliphatic heterocycles. The van der Waals surface area contributed by atoms with Crippen LogP contribution in [-0.4, -0.2) is 23.4 Å². The summed E-state index contributed by atoms with van der Waals surface area (Å²) in [5, 5.41) is 5.99. The van der Waals surface area contributed by atoms with Crippen LogP contribution < -0.4 is 16.4 Å². The highest BCUT2D eigenvalue weighted by atomic mass is 35.5. The Bertz CT molecular complexity index is 575. The average molecular weight is 376 g/mol. The standard InChI is InChI=1S/C17H26ClN3O2.ClH/c1-5-17(3,4)21-16(23)13-8-7-12(10-14(13)18)20-15(22)9-6-11(2)19;/h7-8,10-11H,5-6,9,19H2,1-4H3,(H,20,22)(H,21,23);1H. The Hall–Kier alpha value is -1.30. The maximum absolute atomic E-state index is 12.3. The summed E-state index contributed by atoms with van der Waals surface area (Å²) in [5.74, 6) is -0.348. The molecule has 24 heavy (non-hydrogen) atoms. The van der Waals surface area contributed by atoms with Gasteiger partial charge >= 0.3 is 0 Å². The van der Waals surface area contributed by atoms with Gasteiger partial charge in [-0.3, -0.25) is 9.59 Å². The molecule has 1 rings (SSSR count). The molecule has 0 saturated carbocycles. The van der Waals surface area contributed by atoms with Crippen molar-refractivity contribution < 1.29 is 9.59 Å². The first kappa shape index (κ1) is 22.7. The zero-order valence-corrected chi connectivity index (χ0v) is 16.2. The molecule has 7 heteroatoms. The minimum Gasteiger partial charge on any atom is -0.347 e. The van der Waals surface area contributed by atoms with E-state index in [1.165, 1.54) is 0 Å². The largest absolute Gasteiger partial charge is 0.347 e. The molecule has 0 heterocycles. The predicted molar refractivity (Wildman–Crippen MR) is 102 cm³/mol. The molecule has 1 atom stereocenters. The van der Waals surface area contributed by atoms with Crippen LogP contribution >= 0.6 is 24.0 Å². The lowest BCUT2D eigenvalue weighted by Crippen LogP contribution is -2.42. The smallest absolute Gasteiger partial charge is 0.253 e. The van der Waals surface area contributed by atoms with Gasteiger partial charge in [0.05, 0.1) is 10.6 Å². The van der Waals surface area contributed by atoms with Crippen LogP contribution in [0.4, 0.5) is 5.69 Å². The Balaban J connectivity index is 0.00000529. The Morgan fingerprint density at radius 2 is 1.96 bits per heavy atom. The molecule has 0 bridgehead atoms. The lowest BCUT2D eigenvalue weighted by Gasteiger charge is -2.24. The zero-order chi connectivity index (χ0) is 17.6. The highest BCUT2D eigenvalue weighted by molar-refractivity contribution is 6.34. The van der Waals surface area contributed by atoms with Crippen molar-refractivity contribution >= 4 is 41.5 Å². The number of amides is 2. The Labute approximate surface area is 155 Å². The van der Waals surface area contributed by atoms with E-state index in [0.29, 0.717) is 29.1 Å². The number of anilines is 1. The third-order valence-electron chi connectivity index (χ3n) is 3.66. The van der Waals surface area contributed by atoms with Crippen LogP contribution in [0, 0.1) is 0 Å².